The molecule has 104 valence electrons. The second-order valence-electron chi connectivity index (χ2n) is 5.12. The number of hydrogen-bond donors (Lipinski definition) is 1. The maximum Gasteiger partial charge on any atom is 0.126 e. The molecule has 3 rings (SSSR count). The Kier molecular flexibility index (Phi) is 3.84. The lowest BCUT2D eigenvalue weighted by Crippen LogP contribution is -2.36. The van der Waals surface area contributed by atoms with Gasteiger partial charge in [-0.05, 0) is 25.5 Å². The third-order valence-electron chi connectivity index (χ3n) is 3.83. The summed E-state index contributed by atoms with van der Waals surface area (Å²) < 4.78 is 10.9. The van der Waals surface area contributed by atoms with Crippen LogP contribution >= 0.6 is 0 Å². The van der Waals surface area contributed by atoms with Gasteiger partial charge < -0.3 is 19.7 Å². The molecular weight excluding hydrogens is 242 g/mol. The number of anilines is 2. The van der Waals surface area contributed by atoms with Crippen LogP contribution in [0.5, 0.6) is 0 Å². The van der Waals surface area contributed by atoms with Crippen molar-refractivity contribution in [2.45, 2.75) is 25.5 Å². The topological polar surface area (TPSA) is 46.6 Å². The fraction of sp³-hybridized carbons (Fsp3) is 0.643. The van der Waals surface area contributed by atoms with E-state index in [1.807, 2.05) is 6.20 Å². The number of hydrogen-bond acceptors (Lipinski definition) is 5. The Morgan fingerprint density at radius 3 is 2.74 bits per heavy atom. The van der Waals surface area contributed by atoms with Gasteiger partial charge in [0.15, 0.2) is 0 Å². The first-order valence-electron chi connectivity index (χ1n) is 7.00. The van der Waals surface area contributed by atoms with Gasteiger partial charge >= 0.3 is 0 Å². The predicted molar refractivity (Wildman–Crippen MR) is 74.7 cm³/mol. The van der Waals surface area contributed by atoms with E-state index in [2.05, 4.69) is 34.3 Å². The van der Waals surface area contributed by atoms with Crippen molar-refractivity contribution in [1.29, 1.82) is 0 Å². The minimum Gasteiger partial charge on any atom is -0.378 e. The number of rotatable bonds is 3. The standard InChI is InChI=1S/C14H21N3O2/c1-11-13(4-7-19-11)16-14-3-2-12(10-15-14)17-5-8-18-9-6-17/h2-3,10-11,13H,4-9H2,1H3,(H,15,16)/t11-,13-/m0/s1. The molecule has 5 heteroatoms. The van der Waals surface area contributed by atoms with Gasteiger partial charge in [-0.25, -0.2) is 4.98 Å². The number of nitrogens with zero attached hydrogens (tertiary/aromatic N) is 2. The van der Waals surface area contributed by atoms with Crippen LogP contribution in [0.3, 0.4) is 0 Å². The lowest BCUT2D eigenvalue weighted by Gasteiger charge is -2.28. The van der Waals surface area contributed by atoms with Crippen molar-refractivity contribution >= 4 is 11.5 Å². The monoisotopic (exact) mass is 263 g/mol. The maximum atomic E-state index is 5.54. The summed E-state index contributed by atoms with van der Waals surface area (Å²) in [5.74, 6) is 0.930. The van der Waals surface area contributed by atoms with Crippen LogP contribution in [-0.4, -0.2) is 50.0 Å². The molecule has 3 heterocycles. The molecule has 1 aromatic heterocycles. The SMILES string of the molecule is C[C@@H]1OCC[C@@H]1Nc1ccc(N2CCOCC2)cn1. The quantitative estimate of drug-likeness (QED) is 0.895. The largest absolute Gasteiger partial charge is 0.378 e. The van der Waals surface area contributed by atoms with E-state index in [0.717, 1.165) is 45.1 Å². The highest BCUT2D eigenvalue weighted by Crippen LogP contribution is 2.20. The molecule has 0 amide bonds. The van der Waals surface area contributed by atoms with Crippen molar-refractivity contribution in [3.63, 3.8) is 0 Å². The molecule has 5 nitrogen and oxygen atoms in total. The number of nitrogens with one attached hydrogen (secondary N) is 1. The molecule has 0 radical (unpaired) electrons. The Labute approximate surface area is 113 Å². The normalized spacial score (nSPS) is 27.5. The summed E-state index contributed by atoms with van der Waals surface area (Å²) in [5, 5.41) is 3.44. The van der Waals surface area contributed by atoms with E-state index in [9.17, 15) is 0 Å². The molecule has 0 aliphatic carbocycles. The van der Waals surface area contributed by atoms with Gasteiger partial charge in [0.05, 0.1) is 37.2 Å². The average molecular weight is 263 g/mol. The van der Waals surface area contributed by atoms with Crippen LogP contribution in [-0.2, 0) is 9.47 Å². The number of aromatic nitrogens is 1. The zero-order valence-electron chi connectivity index (χ0n) is 11.3. The molecule has 0 saturated carbocycles. The molecule has 1 N–H and O–H groups in total. The Hall–Kier alpha value is -1.33. The van der Waals surface area contributed by atoms with Crippen LogP contribution in [0.25, 0.3) is 0 Å². The zero-order chi connectivity index (χ0) is 13.1. The third kappa shape index (κ3) is 2.98. The smallest absolute Gasteiger partial charge is 0.126 e. The summed E-state index contributed by atoms with van der Waals surface area (Å²) in [7, 11) is 0. The van der Waals surface area contributed by atoms with Gasteiger partial charge in [-0.15, -0.1) is 0 Å². The van der Waals surface area contributed by atoms with Crippen LogP contribution in [0, 0.1) is 0 Å². The molecule has 0 aromatic carbocycles. The highest BCUT2D eigenvalue weighted by atomic mass is 16.5. The van der Waals surface area contributed by atoms with E-state index >= 15 is 0 Å². The highest BCUT2D eigenvalue weighted by molar-refractivity contribution is 5.50. The lowest BCUT2D eigenvalue weighted by molar-refractivity contribution is 0.121. The van der Waals surface area contributed by atoms with E-state index in [1.165, 1.54) is 5.69 Å². The molecule has 2 fully saturated rings. The molecule has 2 atom stereocenters. The average Bonchev–Trinajstić information content (AvgIpc) is 2.86. The summed E-state index contributed by atoms with van der Waals surface area (Å²) in [6.45, 7) is 6.44. The Morgan fingerprint density at radius 2 is 2.11 bits per heavy atom. The van der Waals surface area contributed by atoms with Crippen LogP contribution in [0.2, 0.25) is 0 Å². The molecule has 1 aromatic rings. The first-order chi connectivity index (χ1) is 9.33. The molecule has 2 saturated heterocycles. The van der Waals surface area contributed by atoms with Crippen molar-refractivity contribution in [3.8, 4) is 0 Å². The second kappa shape index (κ2) is 5.75. The molecule has 0 bridgehead atoms. The summed E-state index contributed by atoms with van der Waals surface area (Å²) in [5.41, 5.74) is 1.17. The highest BCUT2D eigenvalue weighted by Gasteiger charge is 2.24. The zero-order valence-corrected chi connectivity index (χ0v) is 11.3. The van der Waals surface area contributed by atoms with E-state index in [4.69, 9.17) is 9.47 Å². The summed E-state index contributed by atoms with van der Waals surface area (Å²) >= 11 is 0. The summed E-state index contributed by atoms with van der Waals surface area (Å²) in [6, 6.07) is 4.55. The van der Waals surface area contributed by atoms with Crippen molar-refractivity contribution in [1.82, 2.24) is 4.98 Å². The van der Waals surface area contributed by atoms with Gasteiger partial charge in [0.2, 0.25) is 0 Å². The van der Waals surface area contributed by atoms with Crippen molar-refractivity contribution < 1.29 is 9.47 Å². The molecule has 2 aliphatic heterocycles. The van der Waals surface area contributed by atoms with Crippen LogP contribution in [0.15, 0.2) is 18.3 Å². The van der Waals surface area contributed by atoms with Gasteiger partial charge in [-0.1, -0.05) is 0 Å². The lowest BCUT2D eigenvalue weighted by atomic mass is 10.1. The third-order valence-corrected chi connectivity index (χ3v) is 3.83. The Bertz CT molecular complexity index is 404. The van der Waals surface area contributed by atoms with E-state index in [-0.39, 0.29) is 6.10 Å². The first kappa shape index (κ1) is 12.7. The number of pyridine rings is 1. The molecule has 19 heavy (non-hydrogen) atoms. The van der Waals surface area contributed by atoms with Crippen LogP contribution in [0.4, 0.5) is 11.5 Å². The van der Waals surface area contributed by atoms with E-state index in [0.29, 0.717) is 6.04 Å². The fourth-order valence-corrected chi connectivity index (χ4v) is 2.59. The Morgan fingerprint density at radius 1 is 1.26 bits per heavy atom. The van der Waals surface area contributed by atoms with E-state index in [1.54, 1.807) is 0 Å². The van der Waals surface area contributed by atoms with Crippen molar-refractivity contribution in [2.24, 2.45) is 0 Å². The second-order valence-corrected chi connectivity index (χ2v) is 5.12. The minimum atomic E-state index is 0.265. The maximum absolute atomic E-state index is 5.54. The molecule has 0 spiro atoms. The predicted octanol–water partition coefficient (Wildman–Crippen LogP) is 1.51. The van der Waals surface area contributed by atoms with Crippen LogP contribution in [0.1, 0.15) is 13.3 Å². The fourth-order valence-electron chi connectivity index (χ4n) is 2.59. The molecule has 2 aliphatic rings. The molecule has 0 unspecified atom stereocenters. The van der Waals surface area contributed by atoms with Gasteiger partial charge in [-0.3, -0.25) is 0 Å². The van der Waals surface area contributed by atoms with Gasteiger partial charge in [-0.2, -0.15) is 0 Å². The minimum absolute atomic E-state index is 0.265. The van der Waals surface area contributed by atoms with Gasteiger partial charge in [0.25, 0.3) is 0 Å². The summed E-state index contributed by atoms with van der Waals surface area (Å²) in [4.78, 5) is 6.81. The summed E-state index contributed by atoms with van der Waals surface area (Å²) in [6.07, 6.45) is 3.25. The van der Waals surface area contributed by atoms with Gasteiger partial charge in [0, 0.05) is 19.7 Å². The number of ether oxygens (including phenoxy) is 2. The Balaban J connectivity index is 1.61. The van der Waals surface area contributed by atoms with Crippen molar-refractivity contribution in [3.05, 3.63) is 18.3 Å². The van der Waals surface area contributed by atoms with Gasteiger partial charge in [0.1, 0.15) is 5.82 Å². The number of morpholine rings is 1. The molecular formula is C14H21N3O2. The first-order valence-corrected chi connectivity index (χ1v) is 7.00. The van der Waals surface area contributed by atoms with E-state index < -0.39 is 0 Å². The van der Waals surface area contributed by atoms with Crippen LogP contribution < -0.4 is 10.2 Å². The van der Waals surface area contributed by atoms with Crippen molar-refractivity contribution in [2.75, 3.05) is 43.1 Å².